The first-order valence-electron chi connectivity index (χ1n) is 8.09. The molecule has 3 nitrogen and oxygen atoms in total. The SMILES string of the molecule is CCCC(CCC)C(=O)c1ccc2c(c1)OCC(C)CO2. The van der Waals surface area contributed by atoms with Crippen molar-refractivity contribution < 1.29 is 14.3 Å². The molecule has 0 aliphatic carbocycles. The number of ketones is 1. The second-order valence-corrected chi connectivity index (χ2v) is 6.03. The molecule has 116 valence electrons. The summed E-state index contributed by atoms with van der Waals surface area (Å²) in [5, 5.41) is 0. The lowest BCUT2D eigenvalue weighted by Crippen LogP contribution is -2.15. The van der Waals surface area contributed by atoms with Gasteiger partial charge in [-0.1, -0.05) is 33.6 Å². The van der Waals surface area contributed by atoms with Gasteiger partial charge in [0.2, 0.25) is 0 Å². The molecule has 1 aliphatic rings. The van der Waals surface area contributed by atoms with Gasteiger partial charge in [-0.25, -0.2) is 0 Å². The maximum atomic E-state index is 12.7. The minimum absolute atomic E-state index is 0.128. The molecule has 0 saturated heterocycles. The molecule has 1 unspecified atom stereocenters. The second kappa shape index (κ2) is 7.48. The lowest BCUT2D eigenvalue weighted by molar-refractivity contribution is 0.0904. The van der Waals surface area contributed by atoms with Gasteiger partial charge in [0.05, 0.1) is 13.2 Å². The number of benzene rings is 1. The van der Waals surface area contributed by atoms with Crippen molar-refractivity contribution in [3.63, 3.8) is 0 Å². The van der Waals surface area contributed by atoms with Crippen molar-refractivity contribution in [2.75, 3.05) is 13.2 Å². The van der Waals surface area contributed by atoms with Crippen molar-refractivity contribution >= 4 is 5.78 Å². The zero-order chi connectivity index (χ0) is 15.2. The third-order valence-electron chi connectivity index (χ3n) is 3.92. The third kappa shape index (κ3) is 3.99. The topological polar surface area (TPSA) is 35.5 Å². The summed E-state index contributed by atoms with van der Waals surface area (Å²) in [4.78, 5) is 12.7. The standard InChI is InChI=1S/C18H26O3/c1-4-6-14(7-5-2)18(19)15-8-9-16-17(10-15)21-12-13(3)11-20-16/h8-10,13-14H,4-7,11-12H2,1-3H3. The predicted molar refractivity (Wildman–Crippen MR) is 84.2 cm³/mol. The van der Waals surface area contributed by atoms with Crippen LogP contribution in [0.25, 0.3) is 0 Å². The van der Waals surface area contributed by atoms with Gasteiger partial charge in [-0.05, 0) is 31.0 Å². The van der Waals surface area contributed by atoms with Gasteiger partial charge in [-0.15, -0.1) is 0 Å². The summed E-state index contributed by atoms with van der Waals surface area (Å²) in [7, 11) is 0. The third-order valence-corrected chi connectivity index (χ3v) is 3.92. The van der Waals surface area contributed by atoms with Crippen molar-refractivity contribution in [3.05, 3.63) is 23.8 Å². The fourth-order valence-electron chi connectivity index (χ4n) is 2.74. The Labute approximate surface area is 127 Å². The van der Waals surface area contributed by atoms with Crippen LogP contribution in [-0.2, 0) is 0 Å². The Kier molecular flexibility index (Phi) is 5.66. The number of hydrogen-bond donors (Lipinski definition) is 0. The van der Waals surface area contributed by atoms with E-state index in [1.165, 1.54) is 0 Å². The van der Waals surface area contributed by atoms with Gasteiger partial charge in [-0.2, -0.15) is 0 Å². The Morgan fingerprint density at radius 3 is 2.38 bits per heavy atom. The average Bonchev–Trinajstić information content (AvgIpc) is 2.68. The van der Waals surface area contributed by atoms with Crippen molar-refractivity contribution in [3.8, 4) is 11.5 Å². The second-order valence-electron chi connectivity index (χ2n) is 6.03. The molecule has 3 heteroatoms. The van der Waals surface area contributed by atoms with E-state index >= 15 is 0 Å². The summed E-state index contributed by atoms with van der Waals surface area (Å²) < 4.78 is 11.5. The fourth-order valence-corrected chi connectivity index (χ4v) is 2.74. The highest BCUT2D eigenvalue weighted by atomic mass is 16.5. The first-order chi connectivity index (χ1) is 10.2. The van der Waals surface area contributed by atoms with Crippen LogP contribution in [0.4, 0.5) is 0 Å². The van der Waals surface area contributed by atoms with Crippen LogP contribution >= 0.6 is 0 Å². The molecule has 1 aromatic carbocycles. The predicted octanol–water partition coefficient (Wildman–Crippen LogP) is 4.49. The van der Waals surface area contributed by atoms with Gasteiger partial charge in [0, 0.05) is 17.4 Å². The van der Waals surface area contributed by atoms with Crippen LogP contribution < -0.4 is 9.47 Å². The van der Waals surface area contributed by atoms with E-state index in [9.17, 15) is 4.79 Å². The van der Waals surface area contributed by atoms with Crippen LogP contribution in [0.1, 0.15) is 56.8 Å². The lowest BCUT2D eigenvalue weighted by atomic mass is 9.89. The highest BCUT2D eigenvalue weighted by Gasteiger charge is 2.21. The Hall–Kier alpha value is -1.51. The minimum Gasteiger partial charge on any atom is -0.489 e. The van der Waals surface area contributed by atoms with E-state index in [0.29, 0.717) is 24.9 Å². The highest BCUT2D eigenvalue weighted by molar-refractivity contribution is 5.98. The van der Waals surface area contributed by atoms with Crippen molar-refractivity contribution in [1.82, 2.24) is 0 Å². The fraction of sp³-hybridized carbons (Fsp3) is 0.611. The van der Waals surface area contributed by atoms with Crippen LogP contribution in [0.15, 0.2) is 18.2 Å². The van der Waals surface area contributed by atoms with Crippen LogP contribution in [0.2, 0.25) is 0 Å². The van der Waals surface area contributed by atoms with E-state index in [1.807, 2.05) is 18.2 Å². The smallest absolute Gasteiger partial charge is 0.166 e. The Bertz CT molecular complexity index is 475. The van der Waals surface area contributed by atoms with E-state index in [0.717, 1.165) is 37.0 Å². The highest BCUT2D eigenvalue weighted by Crippen LogP contribution is 2.32. The molecule has 0 fully saturated rings. The van der Waals surface area contributed by atoms with Gasteiger partial charge in [-0.3, -0.25) is 4.79 Å². The molecular weight excluding hydrogens is 264 g/mol. The molecule has 0 saturated carbocycles. The summed E-state index contributed by atoms with van der Waals surface area (Å²) in [6.45, 7) is 7.65. The molecule has 1 aromatic rings. The largest absolute Gasteiger partial charge is 0.489 e. The average molecular weight is 290 g/mol. The quantitative estimate of drug-likeness (QED) is 0.724. The molecule has 1 heterocycles. The maximum absolute atomic E-state index is 12.7. The number of carbonyl (C=O) groups excluding carboxylic acids is 1. The molecule has 0 amide bonds. The minimum atomic E-state index is 0.128. The monoisotopic (exact) mass is 290 g/mol. The van der Waals surface area contributed by atoms with Crippen molar-refractivity contribution in [1.29, 1.82) is 0 Å². The number of carbonyl (C=O) groups is 1. The van der Waals surface area contributed by atoms with Crippen LogP contribution in [0.3, 0.4) is 0 Å². The summed E-state index contributed by atoms with van der Waals surface area (Å²) in [5.41, 5.74) is 0.749. The number of rotatable bonds is 6. The molecular formula is C18H26O3. The Morgan fingerprint density at radius 1 is 1.14 bits per heavy atom. The first kappa shape index (κ1) is 15.9. The number of hydrogen-bond acceptors (Lipinski definition) is 3. The van der Waals surface area contributed by atoms with Crippen LogP contribution in [0, 0.1) is 11.8 Å². The molecule has 0 spiro atoms. The molecule has 0 aromatic heterocycles. The van der Waals surface area contributed by atoms with E-state index in [2.05, 4.69) is 20.8 Å². The summed E-state index contributed by atoms with van der Waals surface area (Å²) in [6.07, 6.45) is 3.99. The molecule has 21 heavy (non-hydrogen) atoms. The normalized spacial score (nSPS) is 17.6. The Morgan fingerprint density at radius 2 is 1.76 bits per heavy atom. The van der Waals surface area contributed by atoms with E-state index in [1.54, 1.807) is 0 Å². The number of fused-ring (bicyclic) bond motifs is 1. The number of ether oxygens (including phenoxy) is 2. The molecule has 1 atom stereocenters. The van der Waals surface area contributed by atoms with E-state index in [-0.39, 0.29) is 11.7 Å². The summed E-state index contributed by atoms with van der Waals surface area (Å²) in [6, 6.07) is 5.60. The van der Waals surface area contributed by atoms with E-state index in [4.69, 9.17) is 9.47 Å². The molecule has 0 N–H and O–H groups in total. The maximum Gasteiger partial charge on any atom is 0.166 e. The van der Waals surface area contributed by atoms with Crippen molar-refractivity contribution in [2.24, 2.45) is 11.8 Å². The van der Waals surface area contributed by atoms with Gasteiger partial charge in [0.25, 0.3) is 0 Å². The zero-order valence-corrected chi connectivity index (χ0v) is 13.4. The Balaban J connectivity index is 2.18. The summed E-state index contributed by atoms with van der Waals surface area (Å²) >= 11 is 0. The zero-order valence-electron chi connectivity index (χ0n) is 13.4. The van der Waals surface area contributed by atoms with Crippen molar-refractivity contribution in [2.45, 2.75) is 46.5 Å². The van der Waals surface area contributed by atoms with Gasteiger partial charge < -0.3 is 9.47 Å². The molecule has 2 rings (SSSR count). The van der Waals surface area contributed by atoms with Gasteiger partial charge >= 0.3 is 0 Å². The first-order valence-corrected chi connectivity index (χ1v) is 8.09. The van der Waals surface area contributed by atoms with Gasteiger partial charge in [0.15, 0.2) is 17.3 Å². The van der Waals surface area contributed by atoms with Crippen LogP contribution in [-0.4, -0.2) is 19.0 Å². The van der Waals surface area contributed by atoms with Crippen LogP contribution in [0.5, 0.6) is 11.5 Å². The molecule has 1 aliphatic heterocycles. The molecule has 0 radical (unpaired) electrons. The lowest BCUT2D eigenvalue weighted by Gasteiger charge is -2.15. The number of Topliss-reactive ketones (excluding diaryl/α,β-unsaturated/α-hetero) is 1. The molecule has 0 bridgehead atoms. The van der Waals surface area contributed by atoms with Gasteiger partial charge in [0.1, 0.15) is 0 Å². The van der Waals surface area contributed by atoms with E-state index < -0.39 is 0 Å². The summed E-state index contributed by atoms with van der Waals surface area (Å²) in [5.74, 6) is 2.19.